The monoisotopic (exact) mass is 285 g/mol. The molecule has 1 atom stereocenters. The van der Waals surface area contributed by atoms with Gasteiger partial charge >= 0.3 is 0 Å². The highest BCUT2D eigenvalue weighted by Crippen LogP contribution is 2.32. The summed E-state index contributed by atoms with van der Waals surface area (Å²) in [7, 11) is 0. The van der Waals surface area contributed by atoms with Crippen molar-refractivity contribution in [1.82, 2.24) is 15.3 Å². The molecule has 3 rings (SSSR count). The SMILES string of the molecule is OCc1cc2nc(Cl)nc(C3CNCCO3)c2s1. The topological polar surface area (TPSA) is 67.3 Å². The van der Waals surface area contributed by atoms with E-state index in [0.29, 0.717) is 6.61 Å². The first-order chi connectivity index (χ1) is 8.78. The minimum absolute atomic E-state index is 0.00184. The molecule has 0 saturated carbocycles. The summed E-state index contributed by atoms with van der Waals surface area (Å²) >= 11 is 7.42. The largest absolute Gasteiger partial charge is 0.391 e. The first kappa shape index (κ1) is 12.3. The van der Waals surface area contributed by atoms with Crippen LogP contribution in [0.4, 0.5) is 0 Å². The number of aliphatic hydroxyl groups excluding tert-OH is 1. The molecule has 1 aliphatic heterocycles. The first-order valence-corrected chi connectivity index (χ1v) is 6.86. The second kappa shape index (κ2) is 5.07. The Morgan fingerprint density at radius 3 is 3.17 bits per heavy atom. The molecule has 0 radical (unpaired) electrons. The van der Waals surface area contributed by atoms with Gasteiger partial charge in [-0.2, -0.15) is 0 Å². The Labute approximate surface area is 113 Å². The lowest BCUT2D eigenvalue weighted by atomic mass is 10.2. The molecule has 0 aliphatic carbocycles. The Morgan fingerprint density at radius 2 is 2.44 bits per heavy atom. The van der Waals surface area contributed by atoms with Gasteiger partial charge < -0.3 is 15.2 Å². The summed E-state index contributed by atoms with van der Waals surface area (Å²) in [6.07, 6.45) is -0.105. The van der Waals surface area contributed by atoms with Crippen molar-refractivity contribution in [1.29, 1.82) is 0 Å². The van der Waals surface area contributed by atoms with Crippen molar-refractivity contribution in [3.05, 3.63) is 21.9 Å². The quantitative estimate of drug-likeness (QED) is 0.819. The van der Waals surface area contributed by atoms with Crippen LogP contribution in [0.2, 0.25) is 5.28 Å². The molecule has 2 aromatic heterocycles. The zero-order valence-corrected chi connectivity index (χ0v) is 11.1. The number of hydrogen-bond acceptors (Lipinski definition) is 6. The summed E-state index contributed by atoms with van der Waals surface area (Å²) in [5, 5.41) is 12.7. The highest BCUT2D eigenvalue weighted by atomic mass is 35.5. The van der Waals surface area contributed by atoms with Crippen LogP contribution in [0.25, 0.3) is 10.2 Å². The Hall–Kier alpha value is -0.790. The summed E-state index contributed by atoms with van der Waals surface area (Å²) in [5.41, 5.74) is 1.58. The molecule has 2 aromatic rings. The van der Waals surface area contributed by atoms with Crippen molar-refractivity contribution < 1.29 is 9.84 Å². The van der Waals surface area contributed by atoms with E-state index in [-0.39, 0.29) is 18.0 Å². The molecule has 1 saturated heterocycles. The van der Waals surface area contributed by atoms with Crippen LogP contribution in [0, 0.1) is 0 Å². The smallest absolute Gasteiger partial charge is 0.223 e. The average Bonchev–Trinajstić information content (AvgIpc) is 2.81. The third kappa shape index (κ3) is 2.22. The Balaban J connectivity index is 2.10. The van der Waals surface area contributed by atoms with Crippen LogP contribution in [-0.4, -0.2) is 34.8 Å². The molecular formula is C11H12ClN3O2S. The van der Waals surface area contributed by atoms with Gasteiger partial charge in [0.1, 0.15) is 6.10 Å². The minimum Gasteiger partial charge on any atom is -0.391 e. The molecule has 1 fully saturated rings. The number of rotatable bonds is 2. The lowest BCUT2D eigenvalue weighted by molar-refractivity contribution is 0.0261. The van der Waals surface area contributed by atoms with Gasteiger partial charge in [-0.25, -0.2) is 9.97 Å². The third-order valence-electron chi connectivity index (χ3n) is 2.81. The summed E-state index contributed by atoms with van der Waals surface area (Å²) in [6.45, 7) is 2.23. The van der Waals surface area contributed by atoms with Gasteiger partial charge in [-0.1, -0.05) is 0 Å². The summed E-state index contributed by atoms with van der Waals surface area (Å²) in [6, 6.07) is 1.84. The number of nitrogens with zero attached hydrogens (tertiary/aromatic N) is 2. The lowest BCUT2D eigenvalue weighted by Gasteiger charge is -2.23. The maximum Gasteiger partial charge on any atom is 0.223 e. The van der Waals surface area contributed by atoms with Gasteiger partial charge in [0.05, 0.1) is 29.1 Å². The van der Waals surface area contributed by atoms with Gasteiger partial charge in [-0.3, -0.25) is 0 Å². The van der Waals surface area contributed by atoms with Gasteiger partial charge in [0.15, 0.2) is 0 Å². The van der Waals surface area contributed by atoms with E-state index in [1.54, 1.807) is 0 Å². The molecule has 7 heteroatoms. The average molecular weight is 286 g/mol. The van der Waals surface area contributed by atoms with E-state index >= 15 is 0 Å². The van der Waals surface area contributed by atoms with E-state index in [1.165, 1.54) is 11.3 Å². The molecular weight excluding hydrogens is 274 g/mol. The van der Waals surface area contributed by atoms with Crippen molar-refractivity contribution in [2.45, 2.75) is 12.7 Å². The fraction of sp³-hybridized carbons (Fsp3) is 0.455. The van der Waals surface area contributed by atoms with Crippen LogP contribution in [0.5, 0.6) is 0 Å². The normalized spacial score (nSPS) is 20.4. The number of halogens is 1. The molecule has 0 bridgehead atoms. The molecule has 5 nitrogen and oxygen atoms in total. The van der Waals surface area contributed by atoms with Gasteiger partial charge in [0.25, 0.3) is 0 Å². The fourth-order valence-electron chi connectivity index (χ4n) is 2.01. The standard InChI is InChI=1S/C11H12ClN3O2S/c12-11-14-7-3-6(5-16)18-10(7)9(15-11)8-4-13-1-2-17-8/h3,8,13,16H,1-2,4-5H2. The van der Waals surface area contributed by atoms with E-state index in [1.807, 2.05) is 6.07 Å². The molecule has 0 spiro atoms. The first-order valence-electron chi connectivity index (χ1n) is 5.67. The maximum atomic E-state index is 9.19. The molecule has 18 heavy (non-hydrogen) atoms. The van der Waals surface area contributed by atoms with Gasteiger partial charge in [-0.05, 0) is 17.7 Å². The number of morpholine rings is 1. The number of aromatic nitrogens is 2. The van der Waals surface area contributed by atoms with Crippen molar-refractivity contribution in [2.75, 3.05) is 19.7 Å². The van der Waals surface area contributed by atoms with Crippen LogP contribution in [0.1, 0.15) is 16.7 Å². The second-order valence-corrected chi connectivity index (χ2v) is 5.50. The van der Waals surface area contributed by atoms with Crippen LogP contribution in [-0.2, 0) is 11.3 Å². The van der Waals surface area contributed by atoms with Crippen LogP contribution < -0.4 is 5.32 Å². The zero-order chi connectivity index (χ0) is 12.5. The van der Waals surface area contributed by atoms with Gasteiger partial charge in [0.2, 0.25) is 5.28 Å². The molecule has 96 valence electrons. The van der Waals surface area contributed by atoms with E-state index in [9.17, 15) is 5.11 Å². The highest BCUT2D eigenvalue weighted by molar-refractivity contribution is 7.19. The lowest BCUT2D eigenvalue weighted by Crippen LogP contribution is -2.33. The number of fused-ring (bicyclic) bond motifs is 1. The Morgan fingerprint density at radius 1 is 1.56 bits per heavy atom. The van der Waals surface area contributed by atoms with Crippen LogP contribution in [0.15, 0.2) is 6.07 Å². The molecule has 3 heterocycles. The van der Waals surface area contributed by atoms with Crippen LogP contribution >= 0.6 is 22.9 Å². The Kier molecular flexibility index (Phi) is 3.45. The molecule has 0 amide bonds. The number of thiophene rings is 1. The Bertz CT molecular complexity index is 569. The van der Waals surface area contributed by atoms with Gasteiger partial charge in [0, 0.05) is 18.0 Å². The van der Waals surface area contributed by atoms with E-state index in [0.717, 1.165) is 33.9 Å². The van der Waals surface area contributed by atoms with Crippen LogP contribution in [0.3, 0.4) is 0 Å². The molecule has 1 aliphatic rings. The molecule has 1 unspecified atom stereocenters. The van der Waals surface area contributed by atoms with E-state index in [4.69, 9.17) is 16.3 Å². The summed E-state index contributed by atoms with van der Waals surface area (Å²) in [5.74, 6) is 0. The molecule has 0 aromatic carbocycles. The minimum atomic E-state index is -0.105. The fourth-order valence-corrected chi connectivity index (χ4v) is 3.18. The summed E-state index contributed by atoms with van der Waals surface area (Å²) in [4.78, 5) is 9.32. The maximum absolute atomic E-state index is 9.19. The number of hydrogen-bond donors (Lipinski definition) is 2. The predicted octanol–water partition coefficient (Wildman–Crippen LogP) is 1.50. The number of aliphatic hydroxyl groups is 1. The zero-order valence-electron chi connectivity index (χ0n) is 9.52. The summed E-state index contributed by atoms with van der Waals surface area (Å²) < 4.78 is 6.64. The predicted molar refractivity (Wildman–Crippen MR) is 69.9 cm³/mol. The van der Waals surface area contributed by atoms with Gasteiger partial charge in [-0.15, -0.1) is 11.3 Å². The van der Waals surface area contributed by atoms with E-state index < -0.39 is 0 Å². The van der Waals surface area contributed by atoms with Crippen molar-refractivity contribution in [2.24, 2.45) is 0 Å². The van der Waals surface area contributed by atoms with E-state index in [2.05, 4.69) is 15.3 Å². The number of ether oxygens (including phenoxy) is 1. The number of nitrogens with one attached hydrogen (secondary N) is 1. The second-order valence-electron chi connectivity index (χ2n) is 4.03. The van der Waals surface area contributed by atoms with Crippen molar-refractivity contribution in [3.63, 3.8) is 0 Å². The van der Waals surface area contributed by atoms with Crippen molar-refractivity contribution in [3.8, 4) is 0 Å². The highest BCUT2D eigenvalue weighted by Gasteiger charge is 2.22. The van der Waals surface area contributed by atoms with Crippen molar-refractivity contribution >= 4 is 33.2 Å². The molecule has 2 N–H and O–H groups in total. The third-order valence-corrected chi connectivity index (χ3v) is 4.11.